The largest absolute Gasteiger partial charge is 0.461 e. The van der Waals surface area contributed by atoms with Gasteiger partial charge in [-0.15, -0.1) is 0 Å². The summed E-state index contributed by atoms with van der Waals surface area (Å²) < 4.78 is 57.0. The lowest BCUT2D eigenvalue weighted by atomic mass is 10.1. The van der Waals surface area contributed by atoms with E-state index >= 15 is 0 Å². The molecule has 6 nitrogen and oxygen atoms in total. The summed E-state index contributed by atoms with van der Waals surface area (Å²) in [5, 5.41) is 12.3. The molecule has 0 saturated carbocycles. The first-order valence-corrected chi connectivity index (χ1v) is 9.11. The number of ether oxygens (including phenoxy) is 1. The van der Waals surface area contributed by atoms with Crippen LogP contribution in [0.5, 0.6) is 5.75 Å². The molecule has 160 valence electrons. The Morgan fingerprint density at radius 3 is 2.68 bits per heavy atom. The fraction of sp³-hybridized carbons (Fsp3) is 0.143. The van der Waals surface area contributed by atoms with Gasteiger partial charge in [-0.3, -0.25) is 4.40 Å². The second-order valence-corrected chi connectivity index (χ2v) is 6.59. The van der Waals surface area contributed by atoms with E-state index in [0.717, 1.165) is 29.0 Å². The second kappa shape index (κ2) is 8.23. The molecule has 10 heteroatoms. The summed E-state index contributed by atoms with van der Waals surface area (Å²) in [6.07, 6.45) is -3.68. The molecule has 2 aromatic carbocycles. The first kappa shape index (κ1) is 20.6. The van der Waals surface area contributed by atoms with Crippen LogP contribution in [0.4, 0.5) is 29.1 Å². The topological polar surface area (TPSA) is 71.7 Å². The highest BCUT2D eigenvalue weighted by atomic mass is 19.3. The van der Waals surface area contributed by atoms with Crippen molar-refractivity contribution in [2.45, 2.75) is 19.1 Å². The second-order valence-electron chi connectivity index (χ2n) is 6.59. The van der Waals surface area contributed by atoms with E-state index in [0.29, 0.717) is 17.2 Å². The number of fused-ring (bicyclic) bond motifs is 1. The van der Waals surface area contributed by atoms with Gasteiger partial charge in [0.05, 0.1) is 18.5 Å². The third kappa shape index (κ3) is 4.29. The van der Waals surface area contributed by atoms with Gasteiger partial charge in [0.25, 0.3) is 0 Å². The summed E-state index contributed by atoms with van der Waals surface area (Å²) in [7, 11) is 0. The highest BCUT2D eigenvalue weighted by Crippen LogP contribution is 2.30. The van der Waals surface area contributed by atoms with Crippen LogP contribution >= 0.6 is 0 Å². The molecule has 2 N–H and O–H groups in total. The van der Waals surface area contributed by atoms with Crippen molar-refractivity contribution < 1.29 is 27.4 Å². The maximum Gasteiger partial charge on any atom is 0.461 e. The molecule has 2 aromatic heterocycles. The van der Waals surface area contributed by atoms with Crippen LogP contribution in [0.2, 0.25) is 0 Å². The molecule has 4 aromatic rings. The standard InChI is InChI=1S/C21H16F4N4O2/c22-20(23)21(24,25)31-16-6-2-5-15(10-16)28-18-19-27-11-17(29(19)8-7-26-18)14-4-1-3-13(9-14)12-30/h1-11,20,30H,12H2,(H,26,28). The van der Waals surface area contributed by atoms with Crippen molar-refractivity contribution in [3.8, 4) is 17.0 Å². The number of hydrogen-bond acceptors (Lipinski definition) is 5. The lowest BCUT2D eigenvalue weighted by Gasteiger charge is -2.17. The molecule has 31 heavy (non-hydrogen) atoms. The summed E-state index contributed by atoms with van der Waals surface area (Å²) in [6.45, 7) is -0.0953. The molecule has 0 atom stereocenters. The SMILES string of the molecule is OCc1cccc(-c2cnc3c(Nc4cccc(OC(F)(F)C(F)F)c4)nccn23)c1. The van der Waals surface area contributed by atoms with Crippen LogP contribution in [-0.4, -0.2) is 32.0 Å². The molecular weight excluding hydrogens is 416 g/mol. The van der Waals surface area contributed by atoms with Crippen LogP contribution in [0.25, 0.3) is 16.9 Å². The van der Waals surface area contributed by atoms with Crippen LogP contribution < -0.4 is 10.1 Å². The van der Waals surface area contributed by atoms with Crippen LogP contribution in [0.1, 0.15) is 5.56 Å². The van der Waals surface area contributed by atoms with E-state index in [1.54, 1.807) is 28.9 Å². The van der Waals surface area contributed by atoms with Crippen LogP contribution in [0.3, 0.4) is 0 Å². The van der Waals surface area contributed by atoms with E-state index in [4.69, 9.17) is 0 Å². The molecule has 0 spiro atoms. The van der Waals surface area contributed by atoms with Gasteiger partial charge in [0, 0.05) is 29.7 Å². The van der Waals surface area contributed by atoms with E-state index in [1.807, 2.05) is 18.2 Å². The Morgan fingerprint density at radius 1 is 1.10 bits per heavy atom. The van der Waals surface area contributed by atoms with E-state index in [9.17, 15) is 22.7 Å². The summed E-state index contributed by atoms with van der Waals surface area (Å²) in [4.78, 5) is 8.61. The summed E-state index contributed by atoms with van der Waals surface area (Å²) in [6, 6.07) is 12.6. The zero-order chi connectivity index (χ0) is 22.0. The number of aliphatic hydroxyl groups is 1. The minimum Gasteiger partial charge on any atom is -0.428 e. The van der Waals surface area contributed by atoms with Crippen molar-refractivity contribution in [3.63, 3.8) is 0 Å². The van der Waals surface area contributed by atoms with Gasteiger partial charge in [-0.1, -0.05) is 24.3 Å². The molecule has 0 aliphatic rings. The summed E-state index contributed by atoms with van der Waals surface area (Å²) in [5.41, 5.74) is 3.09. The maximum atomic E-state index is 13.2. The van der Waals surface area contributed by atoms with Crippen LogP contribution in [-0.2, 0) is 6.61 Å². The number of aromatic nitrogens is 3. The van der Waals surface area contributed by atoms with Gasteiger partial charge in [-0.25, -0.2) is 9.97 Å². The number of benzene rings is 2. The van der Waals surface area contributed by atoms with E-state index < -0.39 is 18.3 Å². The molecular formula is C21H16F4N4O2. The molecule has 4 rings (SSSR count). The third-order valence-corrected chi connectivity index (χ3v) is 4.44. The zero-order valence-corrected chi connectivity index (χ0v) is 15.8. The first-order valence-electron chi connectivity index (χ1n) is 9.11. The Morgan fingerprint density at radius 2 is 1.90 bits per heavy atom. The van der Waals surface area contributed by atoms with E-state index in [1.165, 1.54) is 12.3 Å². The molecule has 0 radical (unpaired) electrons. The smallest absolute Gasteiger partial charge is 0.428 e. The number of aliphatic hydroxyl groups excluding tert-OH is 1. The number of alkyl halides is 4. The highest BCUT2D eigenvalue weighted by Gasteiger charge is 2.44. The van der Waals surface area contributed by atoms with Gasteiger partial charge in [-0.05, 0) is 23.8 Å². The van der Waals surface area contributed by atoms with Gasteiger partial charge in [0.15, 0.2) is 11.5 Å². The summed E-state index contributed by atoms with van der Waals surface area (Å²) in [5.74, 6) is -0.100. The van der Waals surface area contributed by atoms with Crippen molar-refractivity contribution in [3.05, 3.63) is 72.7 Å². The summed E-state index contributed by atoms with van der Waals surface area (Å²) >= 11 is 0. The Hall–Kier alpha value is -3.66. The predicted molar refractivity (Wildman–Crippen MR) is 106 cm³/mol. The molecule has 0 aliphatic carbocycles. The third-order valence-electron chi connectivity index (χ3n) is 4.44. The van der Waals surface area contributed by atoms with Crippen molar-refractivity contribution in [2.75, 3.05) is 5.32 Å². The number of hydrogen-bond donors (Lipinski definition) is 2. The minimum absolute atomic E-state index is 0.0953. The Kier molecular flexibility index (Phi) is 5.47. The normalized spacial score (nSPS) is 11.8. The van der Waals surface area contributed by atoms with Crippen molar-refractivity contribution in [1.29, 1.82) is 0 Å². The Balaban J connectivity index is 1.64. The molecule has 0 saturated heterocycles. The highest BCUT2D eigenvalue weighted by molar-refractivity contribution is 5.74. The number of halogens is 4. The molecule has 0 amide bonds. The quantitative estimate of drug-likeness (QED) is 0.408. The van der Waals surface area contributed by atoms with Crippen LogP contribution in [0, 0.1) is 0 Å². The molecule has 0 aliphatic heterocycles. The monoisotopic (exact) mass is 432 g/mol. The number of anilines is 2. The average Bonchev–Trinajstić information content (AvgIpc) is 3.19. The van der Waals surface area contributed by atoms with Gasteiger partial charge in [-0.2, -0.15) is 17.6 Å². The van der Waals surface area contributed by atoms with Gasteiger partial charge in [0.2, 0.25) is 0 Å². The predicted octanol–water partition coefficient (Wildman–Crippen LogP) is 4.87. The molecule has 2 heterocycles. The zero-order valence-electron chi connectivity index (χ0n) is 15.8. The Labute approximate surface area is 173 Å². The van der Waals surface area contributed by atoms with E-state index in [-0.39, 0.29) is 6.61 Å². The van der Waals surface area contributed by atoms with Crippen LogP contribution in [0.15, 0.2) is 67.1 Å². The van der Waals surface area contributed by atoms with Crippen molar-refractivity contribution >= 4 is 17.2 Å². The first-order chi connectivity index (χ1) is 14.9. The number of rotatable bonds is 7. The van der Waals surface area contributed by atoms with Crippen molar-refractivity contribution in [2.24, 2.45) is 0 Å². The maximum absolute atomic E-state index is 13.2. The molecule has 0 fully saturated rings. The fourth-order valence-corrected chi connectivity index (χ4v) is 3.03. The van der Waals surface area contributed by atoms with Gasteiger partial charge >= 0.3 is 12.5 Å². The fourth-order valence-electron chi connectivity index (χ4n) is 3.03. The lowest BCUT2D eigenvalue weighted by molar-refractivity contribution is -0.253. The van der Waals surface area contributed by atoms with Gasteiger partial charge in [0.1, 0.15) is 5.75 Å². The van der Waals surface area contributed by atoms with Crippen molar-refractivity contribution in [1.82, 2.24) is 14.4 Å². The van der Waals surface area contributed by atoms with Gasteiger partial charge < -0.3 is 15.2 Å². The lowest BCUT2D eigenvalue weighted by Crippen LogP contribution is -2.33. The minimum atomic E-state index is -4.60. The molecule has 0 unspecified atom stereocenters. The number of nitrogens with zero attached hydrogens (tertiary/aromatic N) is 3. The van der Waals surface area contributed by atoms with E-state index in [2.05, 4.69) is 20.0 Å². The molecule has 0 bridgehead atoms. The number of imidazole rings is 1. The average molecular weight is 432 g/mol. The Bertz CT molecular complexity index is 1210. The number of nitrogens with one attached hydrogen (secondary N) is 1.